The third-order valence-electron chi connectivity index (χ3n) is 5.92. The number of aromatic nitrogens is 1. The summed E-state index contributed by atoms with van der Waals surface area (Å²) in [5, 5.41) is 4.81. The van der Waals surface area contributed by atoms with Gasteiger partial charge in [0.05, 0.1) is 11.3 Å². The highest BCUT2D eigenvalue weighted by molar-refractivity contribution is 6.12. The summed E-state index contributed by atoms with van der Waals surface area (Å²) in [5.74, 6) is 0. The molecular formula is C26H18F3N. The standard InChI is InChI=1S/C26H18F3N/c1-15-7-8-21-19(16(15)2)9-10-23-22(21)11-12-30-25(23)18-13-17-5-3-4-6-20(17)24(14-18)26(27,28)29/h3-14H,1-2H3. The van der Waals surface area contributed by atoms with Crippen molar-refractivity contribution < 1.29 is 13.2 Å². The molecule has 0 aliphatic carbocycles. The molecule has 0 saturated carbocycles. The van der Waals surface area contributed by atoms with E-state index in [1.165, 1.54) is 23.3 Å². The van der Waals surface area contributed by atoms with Gasteiger partial charge in [0, 0.05) is 17.1 Å². The fourth-order valence-electron chi connectivity index (χ4n) is 4.24. The summed E-state index contributed by atoms with van der Waals surface area (Å²) in [6, 6.07) is 19.7. The first-order valence-corrected chi connectivity index (χ1v) is 9.72. The van der Waals surface area contributed by atoms with E-state index in [0.29, 0.717) is 16.6 Å². The van der Waals surface area contributed by atoms with Crippen molar-refractivity contribution in [3.63, 3.8) is 0 Å². The zero-order valence-electron chi connectivity index (χ0n) is 16.5. The van der Waals surface area contributed by atoms with Gasteiger partial charge in [0.2, 0.25) is 0 Å². The number of pyridine rings is 1. The number of rotatable bonds is 1. The lowest BCUT2D eigenvalue weighted by Crippen LogP contribution is -2.06. The van der Waals surface area contributed by atoms with E-state index < -0.39 is 11.7 Å². The molecule has 4 aromatic carbocycles. The summed E-state index contributed by atoms with van der Waals surface area (Å²) in [4.78, 5) is 4.49. The number of halogens is 3. The lowest BCUT2D eigenvalue weighted by molar-refractivity contribution is -0.136. The maximum Gasteiger partial charge on any atom is 0.417 e. The molecule has 4 heteroatoms. The van der Waals surface area contributed by atoms with Crippen LogP contribution in [0.25, 0.3) is 43.6 Å². The van der Waals surface area contributed by atoms with Gasteiger partial charge in [-0.2, -0.15) is 13.2 Å². The van der Waals surface area contributed by atoms with Crippen LogP contribution in [0.1, 0.15) is 16.7 Å². The third kappa shape index (κ3) is 2.83. The molecule has 148 valence electrons. The largest absolute Gasteiger partial charge is 0.417 e. The van der Waals surface area contributed by atoms with Gasteiger partial charge in [-0.05, 0) is 70.1 Å². The molecule has 0 amide bonds. The van der Waals surface area contributed by atoms with Crippen LogP contribution in [-0.4, -0.2) is 4.98 Å². The van der Waals surface area contributed by atoms with Crippen LogP contribution in [0.15, 0.2) is 72.9 Å². The van der Waals surface area contributed by atoms with Crippen LogP contribution < -0.4 is 0 Å². The van der Waals surface area contributed by atoms with E-state index in [4.69, 9.17) is 0 Å². The monoisotopic (exact) mass is 401 g/mol. The highest BCUT2D eigenvalue weighted by atomic mass is 19.4. The van der Waals surface area contributed by atoms with Gasteiger partial charge in [-0.25, -0.2) is 0 Å². The molecule has 0 aliphatic heterocycles. The molecule has 0 bridgehead atoms. The van der Waals surface area contributed by atoms with Crippen LogP contribution in [0.3, 0.4) is 0 Å². The summed E-state index contributed by atoms with van der Waals surface area (Å²) in [6.45, 7) is 4.16. The lowest BCUT2D eigenvalue weighted by atomic mass is 9.93. The molecule has 5 rings (SSSR count). The lowest BCUT2D eigenvalue weighted by Gasteiger charge is -2.15. The third-order valence-corrected chi connectivity index (χ3v) is 5.92. The summed E-state index contributed by atoms with van der Waals surface area (Å²) in [7, 11) is 0. The van der Waals surface area contributed by atoms with Gasteiger partial charge in [0.1, 0.15) is 0 Å². The minimum atomic E-state index is -4.44. The van der Waals surface area contributed by atoms with Crippen LogP contribution in [0.4, 0.5) is 13.2 Å². The molecule has 0 spiro atoms. The van der Waals surface area contributed by atoms with Gasteiger partial charge in [-0.3, -0.25) is 4.98 Å². The molecule has 0 fully saturated rings. The molecule has 1 aromatic heterocycles. The van der Waals surface area contributed by atoms with Crippen molar-refractivity contribution in [1.29, 1.82) is 0 Å². The van der Waals surface area contributed by atoms with E-state index in [2.05, 4.69) is 31.0 Å². The number of benzene rings is 4. The fourth-order valence-corrected chi connectivity index (χ4v) is 4.24. The number of nitrogens with zero attached hydrogens (tertiary/aromatic N) is 1. The molecule has 0 radical (unpaired) electrons. The molecule has 0 atom stereocenters. The van der Waals surface area contributed by atoms with Crippen LogP contribution in [-0.2, 0) is 6.18 Å². The number of hydrogen-bond acceptors (Lipinski definition) is 1. The molecule has 1 heterocycles. The average molecular weight is 401 g/mol. The Morgan fingerprint density at radius 2 is 1.40 bits per heavy atom. The Balaban J connectivity index is 1.85. The van der Waals surface area contributed by atoms with Crippen molar-refractivity contribution in [3.05, 3.63) is 89.6 Å². The fraction of sp³-hybridized carbons (Fsp3) is 0.115. The van der Waals surface area contributed by atoms with Gasteiger partial charge in [-0.15, -0.1) is 0 Å². The van der Waals surface area contributed by atoms with Crippen molar-refractivity contribution in [3.8, 4) is 11.3 Å². The maximum atomic E-state index is 13.8. The summed E-state index contributed by atoms with van der Waals surface area (Å²) in [6.07, 6.45) is -2.77. The molecule has 5 aromatic rings. The highest BCUT2D eigenvalue weighted by Crippen LogP contribution is 2.40. The number of fused-ring (bicyclic) bond motifs is 4. The van der Waals surface area contributed by atoms with Crippen LogP contribution in [0.5, 0.6) is 0 Å². The SMILES string of the molecule is Cc1ccc2c(ccc3c(-c4cc(C(F)(F)F)c5ccccc5c4)nccc32)c1C. The Labute approximate surface area is 171 Å². The highest BCUT2D eigenvalue weighted by Gasteiger charge is 2.33. The molecule has 30 heavy (non-hydrogen) atoms. The first-order chi connectivity index (χ1) is 14.3. The van der Waals surface area contributed by atoms with Crippen molar-refractivity contribution >= 4 is 32.3 Å². The minimum absolute atomic E-state index is 0.200. The van der Waals surface area contributed by atoms with Crippen LogP contribution in [0, 0.1) is 13.8 Å². The number of aryl methyl sites for hydroxylation is 2. The van der Waals surface area contributed by atoms with E-state index in [0.717, 1.165) is 21.5 Å². The van der Waals surface area contributed by atoms with Crippen molar-refractivity contribution in [2.45, 2.75) is 20.0 Å². The van der Waals surface area contributed by atoms with Gasteiger partial charge < -0.3 is 0 Å². The van der Waals surface area contributed by atoms with Gasteiger partial charge in [0.25, 0.3) is 0 Å². The Bertz CT molecular complexity index is 1450. The predicted molar refractivity (Wildman–Crippen MR) is 117 cm³/mol. The van der Waals surface area contributed by atoms with Crippen LogP contribution >= 0.6 is 0 Å². The predicted octanol–water partition coefficient (Wildman–Crippen LogP) is 7.84. The van der Waals surface area contributed by atoms with E-state index in [1.807, 2.05) is 18.2 Å². The first kappa shape index (κ1) is 18.6. The van der Waals surface area contributed by atoms with Crippen molar-refractivity contribution in [1.82, 2.24) is 4.98 Å². The Hall–Kier alpha value is -3.40. The summed E-state index contributed by atoms with van der Waals surface area (Å²) >= 11 is 0. The topological polar surface area (TPSA) is 12.9 Å². The van der Waals surface area contributed by atoms with E-state index >= 15 is 0 Å². The van der Waals surface area contributed by atoms with Crippen LogP contribution in [0.2, 0.25) is 0 Å². The molecule has 0 unspecified atom stereocenters. The second kappa shape index (κ2) is 6.56. The second-order valence-corrected chi connectivity index (χ2v) is 7.67. The zero-order chi connectivity index (χ0) is 21.0. The number of alkyl halides is 3. The average Bonchev–Trinajstić information content (AvgIpc) is 2.74. The van der Waals surface area contributed by atoms with E-state index in [1.54, 1.807) is 30.5 Å². The van der Waals surface area contributed by atoms with E-state index in [-0.39, 0.29) is 5.39 Å². The summed E-state index contributed by atoms with van der Waals surface area (Å²) in [5.41, 5.74) is 2.80. The zero-order valence-corrected chi connectivity index (χ0v) is 16.5. The van der Waals surface area contributed by atoms with E-state index in [9.17, 15) is 13.2 Å². The van der Waals surface area contributed by atoms with Crippen molar-refractivity contribution in [2.75, 3.05) is 0 Å². The Kier molecular flexibility index (Phi) is 4.07. The molecule has 0 aliphatic rings. The molecule has 0 saturated heterocycles. The Morgan fingerprint density at radius 1 is 0.700 bits per heavy atom. The molecular weight excluding hydrogens is 383 g/mol. The maximum absolute atomic E-state index is 13.8. The van der Waals surface area contributed by atoms with Gasteiger partial charge >= 0.3 is 6.18 Å². The normalized spacial score (nSPS) is 12.2. The Morgan fingerprint density at radius 3 is 2.20 bits per heavy atom. The van der Waals surface area contributed by atoms with Gasteiger partial charge in [0.15, 0.2) is 0 Å². The first-order valence-electron chi connectivity index (χ1n) is 9.72. The van der Waals surface area contributed by atoms with Gasteiger partial charge in [-0.1, -0.05) is 48.5 Å². The van der Waals surface area contributed by atoms with Crippen molar-refractivity contribution in [2.24, 2.45) is 0 Å². The molecule has 0 N–H and O–H groups in total. The molecule has 1 nitrogen and oxygen atoms in total. The second-order valence-electron chi connectivity index (χ2n) is 7.67. The number of hydrogen-bond donors (Lipinski definition) is 0. The quantitative estimate of drug-likeness (QED) is 0.261. The smallest absolute Gasteiger partial charge is 0.256 e. The summed E-state index contributed by atoms with van der Waals surface area (Å²) < 4.78 is 41.4. The minimum Gasteiger partial charge on any atom is -0.256 e.